The summed E-state index contributed by atoms with van der Waals surface area (Å²) in [7, 11) is 0. The SMILES string of the molecule is CC/C=C/C[C@H](O)/C=C/[C@H]1C=CC(=O)C1C/C=C/CCCC(=O)O. The van der Waals surface area contributed by atoms with Gasteiger partial charge >= 0.3 is 5.97 Å². The van der Waals surface area contributed by atoms with E-state index in [1.165, 1.54) is 0 Å². The van der Waals surface area contributed by atoms with Crippen molar-refractivity contribution in [2.75, 3.05) is 0 Å². The molecular formula is C20H28O4. The maximum absolute atomic E-state index is 11.9. The van der Waals surface area contributed by atoms with Crippen LogP contribution in [0, 0.1) is 11.8 Å². The predicted octanol–water partition coefficient (Wildman–Crippen LogP) is 3.83. The molecule has 0 bridgehead atoms. The fourth-order valence-electron chi connectivity index (χ4n) is 2.59. The highest BCUT2D eigenvalue weighted by Gasteiger charge is 2.27. The Labute approximate surface area is 144 Å². The van der Waals surface area contributed by atoms with E-state index < -0.39 is 12.1 Å². The van der Waals surface area contributed by atoms with E-state index in [1.807, 2.05) is 43.4 Å². The molecule has 0 saturated carbocycles. The maximum Gasteiger partial charge on any atom is 0.303 e. The molecule has 0 spiro atoms. The molecule has 132 valence electrons. The molecule has 1 aliphatic carbocycles. The first-order valence-corrected chi connectivity index (χ1v) is 8.64. The molecular weight excluding hydrogens is 304 g/mol. The van der Waals surface area contributed by atoms with E-state index in [4.69, 9.17) is 5.11 Å². The topological polar surface area (TPSA) is 74.6 Å². The Kier molecular flexibility index (Phi) is 9.70. The molecule has 0 aromatic carbocycles. The second-order valence-corrected chi connectivity index (χ2v) is 6.01. The average Bonchev–Trinajstić information content (AvgIpc) is 2.89. The molecule has 0 saturated heterocycles. The Morgan fingerprint density at radius 2 is 2.08 bits per heavy atom. The minimum atomic E-state index is -0.781. The summed E-state index contributed by atoms with van der Waals surface area (Å²) in [5.74, 6) is -0.766. The van der Waals surface area contributed by atoms with Crippen LogP contribution >= 0.6 is 0 Å². The Bertz CT molecular complexity index is 514. The van der Waals surface area contributed by atoms with Crippen molar-refractivity contribution in [1.29, 1.82) is 0 Å². The summed E-state index contributed by atoms with van der Waals surface area (Å²) >= 11 is 0. The van der Waals surface area contributed by atoms with Gasteiger partial charge in [0.05, 0.1) is 6.10 Å². The molecule has 1 unspecified atom stereocenters. The summed E-state index contributed by atoms with van der Waals surface area (Å²) in [6.45, 7) is 2.05. The Balaban J connectivity index is 2.42. The Morgan fingerprint density at radius 3 is 2.79 bits per heavy atom. The molecule has 0 aromatic heterocycles. The lowest BCUT2D eigenvalue weighted by molar-refractivity contribution is -0.137. The molecule has 0 aromatic rings. The quantitative estimate of drug-likeness (QED) is 0.445. The first kappa shape index (κ1) is 20.1. The maximum atomic E-state index is 11.9. The van der Waals surface area contributed by atoms with Gasteiger partial charge in [-0.15, -0.1) is 0 Å². The molecule has 2 N–H and O–H groups in total. The fraction of sp³-hybridized carbons (Fsp3) is 0.500. The average molecular weight is 332 g/mol. The summed E-state index contributed by atoms with van der Waals surface area (Å²) in [5.41, 5.74) is 0. The number of rotatable bonds is 11. The number of hydrogen-bond donors (Lipinski definition) is 2. The van der Waals surface area contributed by atoms with Crippen LogP contribution in [0.2, 0.25) is 0 Å². The molecule has 3 atom stereocenters. The highest BCUT2D eigenvalue weighted by Crippen LogP contribution is 2.27. The number of allylic oxidation sites excluding steroid dienone is 6. The highest BCUT2D eigenvalue weighted by molar-refractivity contribution is 5.95. The molecule has 4 nitrogen and oxygen atoms in total. The van der Waals surface area contributed by atoms with Gasteiger partial charge in [0, 0.05) is 18.3 Å². The third-order valence-electron chi connectivity index (χ3n) is 3.97. The van der Waals surface area contributed by atoms with Crippen molar-refractivity contribution in [3.05, 3.63) is 48.6 Å². The number of aliphatic hydroxyl groups is 1. The van der Waals surface area contributed by atoms with Crippen molar-refractivity contribution >= 4 is 11.8 Å². The van der Waals surface area contributed by atoms with Crippen LogP contribution in [0.4, 0.5) is 0 Å². The number of carbonyl (C=O) groups excluding carboxylic acids is 1. The number of hydrogen-bond acceptors (Lipinski definition) is 3. The van der Waals surface area contributed by atoms with E-state index in [2.05, 4.69) is 0 Å². The number of ketones is 1. The van der Waals surface area contributed by atoms with Crippen molar-refractivity contribution in [2.45, 2.75) is 51.6 Å². The first-order chi connectivity index (χ1) is 11.5. The molecule has 0 radical (unpaired) electrons. The van der Waals surface area contributed by atoms with Crippen LogP contribution in [0.5, 0.6) is 0 Å². The van der Waals surface area contributed by atoms with Gasteiger partial charge in [-0.05, 0) is 38.2 Å². The van der Waals surface area contributed by atoms with Gasteiger partial charge in [-0.2, -0.15) is 0 Å². The zero-order valence-electron chi connectivity index (χ0n) is 14.3. The summed E-state index contributed by atoms with van der Waals surface area (Å²) in [6, 6.07) is 0. The second-order valence-electron chi connectivity index (χ2n) is 6.01. The first-order valence-electron chi connectivity index (χ1n) is 8.64. The minimum absolute atomic E-state index is 0.0194. The molecule has 0 fully saturated rings. The van der Waals surface area contributed by atoms with Gasteiger partial charge in [0.15, 0.2) is 5.78 Å². The van der Waals surface area contributed by atoms with E-state index >= 15 is 0 Å². The number of carbonyl (C=O) groups is 2. The predicted molar refractivity (Wildman–Crippen MR) is 95.6 cm³/mol. The number of carboxylic acids is 1. The fourth-order valence-corrected chi connectivity index (χ4v) is 2.59. The van der Waals surface area contributed by atoms with Gasteiger partial charge in [-0.3, -0.25) is 9.59 Å². The zero-order valence-corrected chi connectivity index (χ0v) is 14.3. The second kappa shape index (κ2) is 11.6. The van der Waals surface area contributed by atoms with Gasteiger partial charge < -0.3 is 10.2 Å². The van der Waals surface area contributed by atoms with Gasteiger partial charge in [0.2, 0.25) is 0 Å². The van der Waals surface area contributed by atoms with E-state index in [0.29, 0.717) is 25.7 Å². The van der Waals surface area contributed by atoms with Crippen molar-refractivity contribution in [3.63, 3.8) is 0 Å². The van der Waals surface area contributed by atoms with Crippen molar-refractivity contribution in [2.24, 2.45) is 11.8 Å². The molecule has 1 aliphatic rings. The Hall–Kier alpha value is -1.94. The van der Waals surface area contributed by atoms with Gasteiger partial charge in [-0.1, -0.05) is 49.5 Å². The van der Waals surface area contributed by atoms with Gasteiger partial charge in [0.1, 0.15) is 0 Å². The van der Waals surface area contributed by atoms with Crippen molar-refractivity contribution < 1.29 is 19.8 Å². The van der Waals surface area contributed by atoms with Crippen LogP contribution in [0.3, 0.4) is 0 Å². The van der Waals surface area contributed by atoms with Crippen LogP contribution in [0.15, 0.2) is 48.6 Å². The number of carboxylic acid groups (broad SMARTS) is 1. The third kappa shape index (κ3) is 8.06. The number of unbranched alkanes of at least 4 members (excludes halogenated alkanes) is 1. The minimum Gasteiger partial charge on any atom is -0.481 e. The molecule has 0 amide bonds. The number of aliphatic carboxylic acids is 1. The highest BCUT2D eigenvalue weighted by atomic mass is 16.4. The standard InChI is InChI=1S/C20H28O4/c1-2-3-6-9-17(21)14-12-16-13-15-19(22)18(16)10-7-4-5-8-11-20(23)24/h3-4,6-7,12-18,21H,2,5,8-11H2,1H3,(H,23,24)/b6-3+,7-4+,14-12+/t16-,17-,18?/m0/s1. The monoisotopic (exact) mass is 332 g/mol. The molecule has 0 heterocycles. The summed E-state index contributed by atoms with van der Waals surface area (Å²) < 4.78 is 0. The third-order valence-corrected chi connectivity index (χ3v) is 3.97. The van der Waals surface area contributed by atoms with E-state index in [0.717, 1.165) is 6.42 Å². The van der Waals surface area contributed by atoms with E-state index in [-0.39, 0.29) is 24.0 Å². The molecule has 4 heteroatoms. The summed E-state index contributed by atoms with van der Waals surface area (Å²) in [6.07, 6.45) is 18.2. The molecule has 24 heavy (non-hydrogen) atoms. The largest absolute Gasteiger partial charge is 0.481 e. The zero-order chi connectivity index (χ0) is 17.8. The summed E-state index contributed by atoms with van der Waals surface area (Å²) in [5, 5.41) is 18.5. The smallest absolute Gasteiger partial charge is 0.303 e. The normalized spacial score (nSPS) is 22.3. The lowest BCUT2D eigenvalue weighted by atomic mass is 9.90. The van der Waals surface area contributed by atoms with Crippen LogP contribution in [-0.2, 0) is 9.59 Å². The number of aliphatic hydroxyl groups excluding tert-OH is 1. The lowest BCUT2D eigenvalue weighted by Gasteiger charge is -2.13. The lowest BCUT2D eigenvalue weighted by Crippen LogP contribution is -2.14. The van der Waals surface area contributed by atoms with Crippen molar-refractivity contribution in [3.8, 4) is 0 Å². The molecule has 0 aliphatic heterocycles. The van der Waals surface area contributed by atoms with Gasteiger partial charge in [-0.25, -0.2) is 0 Å². The van der Waals surface area contributed by atoms with Crippen LogP contribution < -0.4 is 0 Å². The molecule has 1 rings (SSSR count). The summed E-state index contributed by atoms with van der Waals surface area (Å²) in [4.78, 5) is 22.4. The van der Waals surface area contributed by atoms with E-state index in [9.17, 15) is 14.7 Å². The Morgan fingerprint density at radius 1 is 1.29 bits per heavy atom. The van der Waals surface area contributed by atoms with Crippen molar-refractivity contribution in [1.82, 2.24) is 0 Å². The van der Waals surface area contributed by atoms with Crippen LogP contribution in [-0.4, -0.2) is 28.1 Å². The van der Waals surface area contributed by atoms with Gasteiger partial charge in [0.25, 0.3) is 0 Å². The van der Waals surface area contributed by atoms with Crippen LogP contribution in [0.1, 0.15) is 45.4 Å². The van der Waals surface area contributed by atoms with E-state index in [1.54, 1.807) is 12.2 Å². The van der Waals surface area contributed by atoms with Crippen LogP contribution in [0.25, 0.3) is 0 Å².